The number of carbonyl (C=O) groups is 1. The van der Waals surface area contributed by atoms with E-state index in [4.69, 9.17) is 11.6 Å². The molecule has 0 saturated heterocycles. The summed E-state index contributed by atoms with van der Waals surface area (Å²) in [6.45, 7) is 0. The fourth-order valence-electron chi connectivity index (χ4n) is 2.93. The highest BCUT2D eigenvalue weighted by Gasteiger charge is 2.14. The van der Waals surface area contributed by atoms with Crippen molar-refractivity contribution in [1.82, 2.24) is 0 Å². The van der Waals surface area contributed by atoms with Crippen LogP contribution in [-0.4, -0.2) is 5.91 Å². The van der Waals surface area contributed by atoms with Crippen molar-refractivity contribution in [2.75, 3.05) is 5.32 Å². The molecule has 4 aromatic carbocycles. The topological polar surface area (TPSA) is 29.1 Å². The van der Waals surface area contributed by atoms with Gasteiger partial charge in [0.15, 0.2) is 0 Å². The van der Waals surface area contributed by atoms with Crippen LogP contribution in [0.3, 0.4) is 0 Å². The molecule has 0 aliphatic heterocycles. The molecule has 116 valence electrons. The Hall–Kier alpha value is -2.84. The lowest BCUT2D eigenvalue weighted by Crippen LogP contribution is -2.12. The summed E-state index contributed by atoms with van der Waals surface area (Å²) in [5.41, 5.74) is 1.26. The van der Waals surface area contributed by atoms with Crippen molar-refractivity contribution >= 4 is 44.7 Å². The highest BCUT2D eigenvalue weighted by molar-refractivity contribution is 6.39. The molecule has 0 unspecified atom stereocenters. The van der Waals surface area contributed by atoms with Gasteiger partial charge in [0.25, 0.3) is 5.91 Å². The summed E-state index contributed by atoms with van der Waals surface area (Å²) in [5.74, 6) is -0.206. The first-order valence-corrected chi connectivity index (χ1v) is 8.08. The Balaban J connectivity index is 1.75. The zero-order valence-electron chi connectivity index (χ0n) is 12.8. The fraction of sp³-hybridized carbons (Fsp3) is 0. The molecule has 4 rings (SSSR count). The summed E-state index contributed by atoms with van der Waals surface area (Å²) in [7, 11) is 0. The monoisotopic (exact) mass is 331 g/mol. The highest BCUT2D eigenvalue weighted by atomic mass is 35.5. The van der Waals surface area contributed by atoms with Gasteiger partial charge < -0.3 is 5.32 Å². The van der Waals surface area contributed by atoms with Gasteiger partial charge in [0.2, 0.25) is 0 Å². The van der Waals surface area contributed by atoms with Gasteiger partial charge in [0, 0.05) is 16.5 Å². The molecule has 0 aliphatic carbocycles. The maximum Gasteiger partial charge on any atom is 0.257 e. The number of halogens is 1. The Morgan fingerprint density at radius 3 is 2.12 bits per heavy atom. The molecule has 1 amide bonds. The summed E-state index contributed by atoms with van der Waals surface area (Å²) in [6, 6.07) is 25.3. The van der Waals surface area contributed by atoms with Crippen molar-refractivity contribution in [3.05, 3.63) is 89.4 Å². The number of rotatable bonds is 2. The molecule has 0 saturated carbocycles. The number of hydrogen-bond donors (Lipinski definition) is 1. The van der Waals surface area contributed by atoms with E-state index < -0.39 is 0 Å². The first-order valence-electron chi connectivity index (χ1n) is 7.70. The number of hydrogen-bond acceptors (Lipinski definition) is 1. The second kappa shape index (κ2) is 5.99. The molecule has 0 fully saturated rings. The molecule has 0 radical (unpaired) electrons. The van der Waals surface area contributed by atoms with E-state index in [0.29, 0.717) is 10.6 Å². The average Bonchev–Trinajstić information content (AvgIpc) is 2.62. The Bertz CT molecular complexity index is 1070. The van der Waals surface area contributed by atoms with Gasteiger partial charge in [-0.05, 0) is 22.9 Å². The van der Waals surface area contributed by atoms with Crippen LogP contribution >= 0.6 is 11.6 Å². The fourth-order valence-corrected chi connectivity index (χ4v) is 3.25. The predicted octanol–water partition coefficient (Wildman–Crippen LogP) is 5.90. The lowest BCUT2D eigenvalue weighted by molar-refractivity contribution is 0.102. The van der Waals surface area contributed by atoms with Crippen LogP contribution in [0.15, 0.2) is 78.9 Å². The Morgan fingerprint density at radius 1 is 0.708 bits per heavy atom. The minimum absolute atomic E-state index is 0.206. The third kappa shape index (κ3) is 2.51. The van der Waals surface area contributed by atoms with E-state index in [1.807, 2.05) is 72.8 Å². The van der Waals surface area contributed by atoms with Gasteiger partial charge in [-0.1, -0.05) is 78.3 Å². The van der Waals surface area contributed by atoms with Crippen LogP contribution in [0.1, 0.15) is 10.4 Å². The minimum Gasteiger partial charge on any atom is -0.321 e. The van der Waals surface area contributed by atoms with Gasteiger partial charge in [-0.2, -0.15) is 0 Å². The minimum atomic E-state index is -0.206. The molecule has 0 bridgehead atoms. The zero-order valence-corrected chi connectivity index (χ0v) is 13.5. The summed E-state index contributed by atoms with van der Waals surface area (Å²) in [4.78, 5) is 12.7. The Labute approximate surface area is 144 Å². The first kappa shape index (κ1) is 14.7. The largest absolute Gasteiger partial charge is 0.321 e. The van der Waals surface area contributed by atoms with Gasteiger partial charge in [0.1, 0.15) is 0 Å². The summed E-state index contributed by atoms with van der Waals surface area (Å²) in [5, 5.41) is 7.45. The third-order valence-corrected chi connectivity index (χ3v) is 4.55. The molecular weight excluding hydrogens is 318 g/mol. The number of carbonyl (C=O) groups excluding carboxylic acids is 1. The molecule has 0 heterocycles. The number of amides is 1. The lowest BCUT2D eigenvalue weighted by Gasteiger charge is -2.11. The van der Waals surface area contributed by atoms with E-state index in [1.54, 1.807) is 6.07 Å². The van der Waals surface area contributed by atoms with E-state index >= 15 is 0 Å². The number of nitrogens with one attached hydrogen (secondary N) is 1. The van der Waals surface area contributed by atoms with Crippen molar-refractivity contribution in [1.29, 1.82) is 0 Å². The van der Waals surface area contributed by atoms with Gasteiger partial charge in [-0.25, -0.2) is 0 Å². The number of anilines is 1. The summed E-state index contributed by atoms with van der Waals surface area (Å²) in [6.07, 6.45) is 0. The van der Waals surface area contributed by atoms with Crippen LogP contribution < -0.4 is 5.32 Å². The molecule has 2 nitrogen and oxygen atoms in total. The normalized spacial score (nSPS) is 10.9. The van der Waals surface area contributed by atoms with Gasteiger partial charge in [0.05, 0.1) is 10.6 Å². The third-order valence-electron chi connectivity index (χ3n) is 4.15. The quantitative estimate of drug-likeness (QED) is 0.487. The predicted molar refractivity (Wildman–Crippen MR) is 101 cm³/mol. The molecular formula is C21H14ClNO. The van der Waals surface area contributed by atoms with Gasteiger partial charge in [-0.3, -0.25) is 4.79 Å². The molecule has 0 atom stereocenters. The Kier molecular flexibility index (Phi) is 3.68. The van der Waals surface area contributed by atoms with Crippen LogP contribution in [0, 0.1) is 0 Å². The molecule has 0 aliphatic rings. The van der Waals surface area contributed by atoms with Gasteiger partial charge >= 0.3 is 0 Å². The second-order valence-corrected chi connectivity index (χ2v) is 6.01. The van der Waals surface area contributed by atoms with Gasteiger partial charge in [-0.15, -0.1) is 0 Å². The van der Waals surface area contributed by atoms with E-state index in [9.17, 15) is 4.79 Å². The Morgan fingerprint density at radius 2 is 1.33 bits per heavy atom. The SMILES string of the molecule is O=C(Nc1cccc2ccccc12)c1ccc2ccccc2c1Cl. The van der Waals surface area contributed by atoms with Crippen molar-refractivity contribution in [2.24, 2.45) is 0 Å². The molecule has 1 N–H and O–H groups in total. The standard InChI is InChI=1S/C21H14ClNO/c22-20-17-10-4-2-7-15(17)12-13-18(20)21(24)23-19-11-5-8-14-6-1-3-9-16(14)19/h1-13H,(H,23,24). The van der Waals surface area contributed by atoms with Crippen LogP contribution in [0.4, 0.5) is 5.69 Å². The average molecular weight is 332 g/mol. The van der Waals surface area contributed by atoms with Crippen molar-refractivity contribution < 1.29 is 4.79 Å². The molecule has 4 aromatic rings. The molecule has 0 spiro atoms. The maximum absolute atomic E-state index is 12.7. The van der Waals surface area contributed by atoms with Crippen molar-refractivity contribution in [2.45, 2.75) is 0 Å². The number of benzene rings is 4. The van der Waals surface area contributed by atoms with Crippen LogP contribution in [0.5, 0.6) is 0 Å². The maximum atomic E-state index is 12.7. The van der Waals surface area contributed by atoms with Crippen molar-refractivity contribution in [3.8, 4) is 0 Å². The first-order chi connectivity index (χ1) is 11.7. The van der Waals surface area contributed by atoms with E-state index in [0.717, 1.165) is 27.2 Å². The molecule has 0 aromatic heterocycles. The number of fused-ring (bicyclic) bond motifs is 2. The van der Waals surface area contributed by atoms with Crippen LogP contribution in [-0.2, 0) is 0 Å². The van der Waals surface area contributed by atoms with E-state index in [2.05, 4.69) is 5.32 Å². The molecule has 24 heavy (non-hydrogen) atoms. The van der Waals surface area contributed by atoms with Crippen molar-refractivity contribution in [3.63, 3.8) is 0 Å². The summed E-state index contributed by atoms with van der Waals surface area (Å²) < 4.78 is 0. The smallest absolute Gasteiger partial charge is 0.257 e. The second-order valence-electron chi connectivity index (χ2n) is 5.63. The summed E-state index contributed by atoms with van der Waals surface area (Å²) >= 11 is 6.46. The van der Waals surface area contributed by atoms with Crippen LogP contribution in [0.2, 0.25) is 5.02 Å². The highest BCUT2D eigenvalue weighted by Crippen LogP contribution is 2.29. The van der Waals surface area contributed by atoms with E-state index in [1.165, 1.54) is 0 Å². The van der Waals surface area contributed by atoms with Crippen LogP contribution in [0.25, 0.3) is 21.5 Å². The lowest BCUT2D eigenvalue weighted by atomic mass is 10.1. The molecule has 3 heteroatoms. The van der Waals surface area contributed by atoms with E-state index in [-0.39, 0.29) is 5.91 Å². The zero-order chi connectivity index (χ0) is 16.5.